The highest BCUT2D eigenvalue weighted by Gasteiger charge is 2.07. The summed E-state index contributed by atoms with van der Waals surface area (Å²) in [6.45, 7) is 1.35. The first-order valence-electron chi connectivity index (χ1n) is 3.81. The van der Waals surface area contributed by atoms with Gasteiger partial charge in [0.05, 0.1) is 16.3 Å². The number of rotatable bonds is 2. The number of carbonyl (C=O) groups excluding carboxylic acids is 1. The SMILES string of the molecule is CC(=O)Nc1ccc(C(=O)O)cc1Cl. The van der Waals surface area contributed by atoms with Crippen LogP contribution in [0.15, 0.2) is 18.2 Å². The molecule has 0 radical (unpaired) electrons. The van der Waals surface area contributed by atoms with Crippen LogP contribution in [0.2, 0.25) is 5.02 Å². The van der Waals surface area contributed by atoms with Gasteiger partial charge < -0.3 is 10.4 Å². The number of carboxylic acids is 1. The summed E-state index contributed by atoms with van der Waals surface area (Å²) in [6.07, 6.45) is 0. The standard InChI is InChI=1S/C9H8ClNO3/c1-5(12)11-8-3-2-6(9(13)14)4-7(8)10/h2-4H,1H3,(H,11,12)(H,13,14). The Hall–Kier alpha value is -1.55. The minimum atomic E-state index is -1.05. The van der Waals surface area contributed by atoms with Gasteiger partial charge in [-0.2, -0.15) is 0 Å². The van der Waals surface area contributed by atoms with Gasteiger partial charge in [-0.3, -0.25) is 4.79 Å². The Morgan fingerprint density at radius 1 is 1.43 bits per heavy atom. The van der Waals surface area contributed by atoms with Crippen LogP contribution in [0.25, 0.3) is 0 Å². The van der Waals surface area contributed by atoms with Crippen LogP contribution in [-0.2, 0) is 4.79 Å². The van der Waals surface area contributed by atoms with Crippen molar-refractivity contribution in [2.45, 2.75) is 6.92 Å². The lowest BCUT2D eigenvalue weighted by Crippen LogP contribution is -2.06. The van der Waals surface area contributed by atoms with E-state index >= 15 is 0 Å². The van der Waals surface area contributed by atoms with Crippen molar-refractivity contribution in [2.24, 2.45) is 0 Å². The van der Waals surface area contributed by atoms with Gasteiger partial charge in [-0.05, 0) is 18.2 Å². The second-order valence-corrected chi connectivity index (χ2v) is 3.09. The zero-order valence-electron chi connectivity index (χ0n) is 7.37. The van der Waals surface area contributed by atoms with Gasteiger partial charge in [0.25, 0.3) is 0 Å². The van der Waals surface area contributed by atoms with Gasteiger partial charge in [0, 0.05) is 6.92 Å². The quantitative estimate of drug-likeness (QED) is 0.790. The first-order chi connectivity index (χ1) is 6.50. The van der Waals surface area contributed by atoms with Gasteiger partial charge >= 0.3 is 5.97 Å². The first kappa shape index (κ1) is 10.5. The molecule has 0 saturated carbocycles. The summed E-state index contributed by atoms with van der Waals surface area (Å²) in [5.74, 6) is -1.31. The van der Waals surface area contributed by atoms with E-state index < -0.39 is 5.97 Å². The van der Waals surface area contributed by atoms with E-state index in [4.69, 9.17) is 16.7 Å². The lowest BCUT2D eigenvalue weighted by molar-refractivity contribution is -0.114. The van der Waals surface area contributed by atoms with Gasteiger partial charge in [0.2, 0.25) is 5.91 Å². The fraction of sp³-hybridized carbons (Fsp3) is 0.111. The third-order valence-corrected chi connectivity index (χ3v) is 1.84. The molecule has 0 saturated heterocycles. The van der Waals surface area contributed by atoms with E-state index in [0.29, 0.717) is 5.69 Å². The molecule has 0 bridgehead atoms. The van der Waals surface area contributed by atoms with Crippen LogP contribution in [0.3, 0.4) is 0 Å². The van der Waals surface area contributed by atoms with Crippen molar-refractivity contribution in [3.8, 4) is 0 Å². The molecule has 0 heterocycles. The fourth-order valence-corrected chi connectivity index (χ4v) is 1.17. The molecular weight excluding hydrogens is 206 g/mol. The number of hydrogen-bond donors (Lipinski definition) is 2. The molecule has 0 aliphatic carbocycles. The topological polar surface area (TPSA) is 66.4 Å². The predicted molar refractivity (Wildman–Crippen MR) is 52.7 cm³/mol. The number of amides is 1. The number of carboxylic acid groups (broad SMARTS) is 1. The Kier molecular flexibility index (Phi) is 3.09. The molecular formula is C9H8ClNO3. The smallest absolute Gasteiger partial charge is 0.335 e. The molecule has 0 atom stereocenters. The van der Waals surface area contributed by atoms with Crippen LogP contribution in [0.1, 0.15) is 17.3 Å². The van der Waals surface area contributed by atoms with Crippen LogP contribution in [0, 0.1) is 0 Å². The summed E-state index contributed by atoms with van der Waals surface area (Å²) in [5, 5.41) is 11.3. The Bertz CT molecular complexity index is 390. The van der Waals surface area contributed by atoms with Crippen molar-refractivity contribution in [2.75, 3.05) is 5.32 Å². The summed E-state index contributed by atoms with van der Waals surface area (Å²) >= 11 is 5.74. The summed E-state index contributed by atoms with van der Waals surface area (Å²) in [7, 11) is 0. The Labute approximate surface area is 85.5 Å². The first-order valence-corrected chi connectivity index (χ1v) is 4.19. The van der Waals surface area contributed by atoms with Crippen LogP contribution >= 0.6 is 11.6 Å². The van der Waals surface area contributed by atoms with Crippen LogP contribution in [0.4, 0.5) is 5.69 Å². The summed E-state index contributed by atoms with van der Waals surface area (Å²) in [6, 6.07) is 4.11. The highest BCUT2D eigenvalue weighted by molar-refractivity contribution is 6.34. The number of aromatic carboxylic acids is 1. The Morgan fingerprint density at radius 2 is 2.07 bits per heavy atom. The van der Waals surface area contributed by atoms with Crippen molar-refractivity contribution >= 4 is 29.2 Å². The molecule has 14 heavy (non-hydrogen) atoms. The molecule has 0 aliphatic rings. The molecule has 1 aromatic carbocycles. The van der Waals surface area contributed by atoms with Gasteiger partial charge in [0.1, 0.15) is 0 Å². The minimum Gasteiger partial charge on any atom is -0.478 e. The van der Waals surface area contributed by atoms with Crippen molar-refractivity contribution < 1.29 is 14.7 Å². The normalized spacial score (nSPS) is 9.57. The molecule has 1 rings (SSSR count). The van der Waals surface area contributed by atoms with Crippen molar-refractivity contribution in [1.82, 2.24) is 0 Å². The predicted octanol–water partition coefficient (Wildman–Crippen LogP) is 2.00. The molecule has 0 spiro atoms. The third kappa shape index (κ3) is 2.47. The maximum absolute atomic E-state index is 10.7. The van der Waals surface area contributed by atoms with Gasteiger partial charge in [-0.15, -0.1) is 0 Å². The average Bonchev–Trinajstić information content (AvgIpc) is 2.07. The van der Waals surface area contributed by atoms with Crippen LogP contribution in [0.5, 0.6) is 0 Å². The molecule has 1 aromatic rings. The number of benzene rings is 1. The molecule has 4 nitrogen and oxygen atoms in total. The second-order valence-electron chi connectivity index (χ2n) is 2.68. The molecule has 0 unspecified atom stereocenters. The lowest BCUT2D eigenvalue weighted by atomic mass is 10.2. The van der Waals surface area contributed by atoms with E-state index in [2.05, 4.69) is 5.32 Å². The molecule has 0 fully saturated rings. The molecule has 74 valence electrons. The van der Waals surface area contributed by atoms with E-state index in [9.17, 15) is 9.59 Å². The van der Waals surface area contributed by atoms with Crippen LogP contribution < -0.4 is 5.32 Å². The maximum Gasteiger partial charge on any atom is 0.335 e. The van der Waals surface area contributed by atoms with E-state index in [0.717, 1.165) is 0 Å². The highest BCUT2D eigenvalue weighted by atomic mass is 35.5. The average molecular weight is 214 g/mol. The van der Waals surface area contributed by atoms with E-state index in [-0.39, 0.29) is 16.5 Å². The second kappa shape index (κ2) is 4.11. The van der Waals surface area contributed by atoms with E-state index in [1.165, 1.54) is 25.1 Å². The molecule has 2 N–H and O–H groups in total. The summed E-state index contributed by atoms with van der Waals surface area (Å²) < 4.78 is 0. The Morgan fingerprint density at radius 3 is 2.50 bits per heavy atom. The number of carbonyl (C=O) groups is 2. The van der Waals surface area contributed by atoms with Gasteiger partial charge in [0.15, 0.2) is 0 Å². The van der Waals surface area contributed by atoms with Crippen molar-refractivity contribution in [1.29, 1.82) is 0 Å². The molecule has 1 amide bonds. The van der Waals surface area contributed by atoms with Crippen LogP contribution in [-0.4, -0.2) is 17.0 Å². The lowest BCUT2D eigenvalue weighted by Gasteiger charge is -2.04. The maximum atomic E-state index is 10.7. The van der Waals surface area contributed by atoms with E-state index in [1.54, 1.807) is 0 Å². The summed E-state index contributed by atoms with van der Waals surface area (Å²) in [4.78, 5) is 21.2. The highest BCUT2D eigenvalue weighted by Crippen LogP contribution is 2.22. The number of halogens is 1. The molecule has 0 aliphatic heterocycles. The monoisotopic (exact) mass is 213 g/mol. The minimum absolute atomic E-state index is 0.0871. The zero-order chi connectivity index (χ0) is 10.7. The summed E-state index contributed by atoms with van der Waals surface area (Å²) in [5.41, 5.74) is 0.494. The number of hydrogen-bond acceptors (Lipinski definition) is 2. The molecule has 0 aromatic heterocycles. The molecule has 5 heteroatoms. The van der Waals surface area contributed by atoms with Gasteiger partial charge in [-0.25, -0.2) is 4.79 Å². The fourth-order valence-electron chi connectivity index (χ4n) is 0.939. The third-order valence-electron chi connectivity index (χ3n) is 1.53. The zero-order valence-corrected chi connectivity index (χ0v) is 8.13. The number of nitrogens with one attached hydrogen (secondary N) is 1. The van der Waals surface area contributed by atoms with Gasteiger partial charge in [-0.1, -0.05) is 11.6 Å². The Balaban J connectivity index is 3.01. The van der Waals surface area contributed by atoms with Crippen molar-refractivity contribution in [3.05, 3.63) is 28.8 Å². The largest absolute Gasteiger partial charge is 0.478 e. The van der Waals surface area contributed by atoms with Crippen molar-refractivity contribution in [3.63, 3.8) is 0 Å². The van der Waals surface area contributed by atoms with E-state index in [1.807, 2.05) is 0 Å². The number of anilines is 1.